The molecular formula is C11H10O6. The molecule has 17 heavy (non-hydrogen) atoms. The second-order valence-corrected chi connectivity index (χ2v) is 3.09. The summed E-state index contributed by atoms with van der Waals surface area (Å²) < 4.78 is 8.91. The summed E-state index contributed by atoms with van der Waals surface area (Å²) in [6.45, 7) is 0. The number of benzene rings is 1. The summed E-state index contributed by atoms with van der Waals surface area (Å²) in [5, 5.41) is 8.84. The normalized spacial score (nSPS) is 9.53. The SMILES string of the molecule is COC(=O)c1cc(C(=O)O)cc(C(=O)OC)c1. The van der Waals surface area contributed by atoms with Gasteiger partial charge in [-0.3, -0.25) is 0 Å². The number of ether oxygens (including phenoxy) is 2. The smallest absolute Gasteiger partial charge is 0.337 e. The molecule has 0 saturated carbocycles. The molecule has 0 aliphatic heterocycles. The number of aromatic carboxylic acids is 1. The standard InChI is InChI=1S/C11H10O6/c1-16-10(14)7-3-6(9(12)13)4-8(5-7)11(15)17-2/h3-5H,1-2H3,(H,12,13). The molecule has 0 aliphatic carbocycles. The molecule has 6 heteroatoms. The van der Waals surface area contributed by atoms with E-state index in [4.69, 9.17) is 5.11 Å². The lowest BCUT2D eigenvalue weighted by Crippen LogP contribution is -2.09. The fourth-order valence-electron chi connectivity index (χ4n) is 1.22. The number of hydrogen-bond donors (Lipinski definition) is 1. The maximum Gasteiger partial charge on any atom is 0.337 e. The van der Waals surface area contributed by atoms with Crippen molar-refractivity contribution in [2.24, 2.45) is 0 Å². The second kappa shape index (κ2) is 5.11. The lowest BCUT2D eigenvalue weighted by Gasteiger charge is -2.05. The minimum Gasteiger partial charge on any atom is -0.478 e. The third kappa shape index (κ3) is 2.81. The highest BCUT2D eigenvalue weighted by atomic mass is 16.5. The first-order valence-electron chi connectivity index (χ1n) is 4.54. The van der Waals surface area contributed by atoms with E-state index in [0.29, 0.717) is 0 Å². The molecule has 0 bridgehead atoms. The van der Waals surface area contributed by atoms with Gasteiger partial charge in [-0.25, -0.2) is 14.4 Å². The number of methoxy groups -OCH3 is 2. The van der Waals surface area contributed by atoms with Crippen molar-refractivity contribution < 1.29 is 29.0 Å². The Morgan fingerprint density at radius 3 is 1.53 bits per heavy atom. The predicted molar refractivity (Wildman–Crippen MR) is 56.1 cm³/mol. The van der Waals surface area contributed by atoms with E-state index in [1.54, 1.807) is 0 Å². The highest BCUT2D eigenvalue weighted by Gasteiger charge is 2.16. The number of carboxylic acid groups (broad SMARTS) is 1. The van der Waals surface area contributed by atoms with Gasteiger partial charge in [0.05, 0.1) is 30.9 Å². The summed E-state index contributed by atoms with van der Waals surface area (Å²) in [4.78, 5) is 33.4. The van der Waals surface area contributed by atoms with Gasteiger partial charge < -0.3 is 14.6 Å². The van der Waals surface area contributed by atoms with Crippen molar-refractivity contribution >= 4 is 17.9 Å². The molecule has 0 amide bonds. The number of esters is 2. The van der Waals surface area contributed by atoms with Gasteiger partial charge in [-0.2, -0.15) is 0 Å². The lowest BCUT2D eigenvalue weighted by molar-refractivity contribution is 0.0599. The van der Waals surface area contributed by atoms with Crippen molar-refractivity contribution in [3.8, 4) is 0 Å². The van der Waals surface area contributed by atoms with Crippen molar-refractivity contribution in [2.75, 3.05) is 14.2 Å². The quantitative estimate of drug-likeness (QED) is 0.788. The number of hydrogen-bond acceptors (Lipinski definition) is 5. The van der Waals surface area contributed by atoms with Crippen LogP contribution in [0.2, 0.25) is 0 Å². The first kappa shape index (κ1) is 12.7. The molecular weight excluding hydrogens is 228 g/mol. The molecule has 1 rings (SSSR count). The minimum absolute atomic E-state index is 0.0206. The molecule has 0 unspecified atom stereocenters. The molecule has 0 aliphatic rings. The predicted octanol–water partition coefficient (Wildman–Crippen LogP) is 0.958. The van der Waals surface area contributed by atoms with Gasteiger partial charge in [0.2, 0.25) is 0 Å². The van der Waals surface area contributed by atoms with Crippen LogP contribution >= 0.6 is 0 Å². The van der Waals surface area contributed by atoms with Crippen LogP contribution in [0.3, 0.4) is 0 Å². The molecule has 6 nitrogen and oxygen atoms in total. The first-order chi connectivity index (χ1) is 7.99. The van der Waals surface area contributed by atoms with E-state index < -0.39 is 17.9 Å². The minimum atomic E-state index is -1.25. The molecule has 1 aromatic rings. The third-order valence-corrected chi connectivity index (χ3v) is 2.02. The first-order valence-corrected chi connectivity index (χ1v) is 4.54. The molecule has 0 fully saturated rings. The van der Waals surface area contributed by atoms with E-state index >= 15 is 0 Å². The topological polar surface area (TPSA) is 89.9 Å². The zero-order valence-corrected chi connectivity index (χ0v) is 9.22. The highest BCUT2D eigenvalue weighted by Crippen LogP contribution is 2.13. The van der Waals surface area contributed by atoms with Gasteiger partial charge in [-0.15, -0.1) is 0 Å². The number of rotatable bonds is 3. The van der Waals surface area contributed by atoms with Crippen molar-refractivity contribution in [3.05, 3.63) is 34.9 Å². The number of carboxylic acids is 1. The van der Waals surface area contributed by atoms with Crippen LogP contribution in [-0.4, -0.2) is 37.2 Å². The van der Waals surface area contributed by atoms with Gasteiger partial charge in [0.15, 0.2) is 0 Å². The Hall–Kier alpha value is -2.37. The van der Waals surface area contributed by atoms with Crippen molar-refractivity contribution in [2.45, 2.75) is 0 Å². The number of carbonyl (C=O) groups excluding carboxylic acids is 2. The molecule has 1 aromatic carbocycles. The monoisotopic (exact) mass is 238 g/mol. The molecule has 0 aromatic heterocycles. The van der Waals surface area contributed by atoms with Gasteiger partial charge in [0.25, 0.3) is 0 Å². The van der Waals surface area contributed by atoms with Crippen LogP contribution in [0.25, 0.3) is 0 Å². The summed E-state index contributed by atoms with van der Waals surface area (Å²) in [5.74, 6) is -2.70. The largest absolute Gasteiger partial charge is 0.478 e. The molecule has 90 valence electrons. The summed E-state index contributed by atoms with van der Waals surface area (Å²) in [6.07, 6.45) is 0. The van der Waals surface area contributed by atoms with Crippen molar-refractivity contribution in [3.63, 3.8) is 0 Å². The molecule has 0 spiro atoms. The summed E-state index contributed by atoms with van der Waals surface area (Å²) >= 11 is 0. The fraction of sp³-hybridized carbons (Fsp3) is 0.182. The fourth-order valence-corrected chi connectivity index (χ4v) is 1.22. The van der Waals surface area contributed by atoms with Crippen molar-refractivity contribution in [1.29, 1.82) is 0 Å². The summed E-state index contributed by atoms with van der Waals surface area (Å²) in [6, 6.07) is 3.46. The Labute approximate surface area is 96.8 Å². The van der Waals surface area contributed by atoms with Crippen molar-refractivity contribution in [1.82, 2.24) is 0 Å². The van der Waals surface area contributed by atoms with Crippen LogP contribution in [0.5, 0.6) is 0 Å². The third-order valence-electron chi connectivity index (χ3n) is 2.02. The van der Waals surface area contributed by atoms with Crippen LogP contribution in [0.15, 0.2) is 18.2 Å². The lowest BCUT2D eigenvalue weighted by atomic mass is 10.1. The Morgan fingerprint density at radius 1 is 0.882 bits per heavy atom. The average molecular weight is 238 g/mol. The summed E-state index contributed by atoms with van der Waals surface area (Å²) in [5.41, 5.74) is -0.228. The Bertz CT molecular complexity index is 443. The van der Waals surface area contributed by atoms with E-state index in [1.807, 2.05) is 0 Å². The van der Waals surface area contributed by atoms with Gasteiger partial charge in [0, 0.05) is 0 Å². The molecule has 1 N–H and O–H groups in total. The average Bonchev–Trinajstić information content (AvgIpc) is 2.36. The number of carbonyl (C=O) groups is 3. The van der Waals surface area contributed by atoms with Gasteiger partial charge in [-0.1, -0.05) is 0 Å². The molecule has 0 atom stereocenters. The van der Waals surface area contributed by atoms with Gasteiger partial charge >= 0.3 is 17.9 Å². The maximum absolute atomic E-state index is 11.3. The Kier molecular flexibility index (Phi) is 3.82. The van der Waals surface area contributed by atoms with Crippen LogP contribution in [0, 0.1) is 0 Å². The van der Waals surface area contributed by atoms with Gasteiger partial charge in [0.1, 0.15) is 0 Å². The van der Waals surface area contributed by atoms with Crippen LogP contribution < -0.4 is 0 Å². The molecule has 0 heterocycles. The maximum atomic E-state index is 11.3. The Balaban J connectivity index is 3.33. The second-order valence-electron chi connectivity index (χ2n) is 3.09. The van der Waals surface area contributed by atoms with E-state index in [9.17, 15) is 14.4 Å². The van der Waals surface area contributed by atoms with E-state index in [-0.39, 0.29) is 16.7 Å². The van der Waals surface area contributed by atoms with E-state index in [0.717, 1.165) is 26.4 Å². The van der Waals surface area contributed by atoms with Crippen LogP contribution in [0.1, 0.15) is 31.1 Å². The van der Waals surface area contributed by atoms with Crippen LogP contribution in [0.4, 0.5) is 0 Å². The highest BCUT2D eigenvalue weighted by molar-refractivity contribution is 5.99. The zero-order valence-electron chi connectivity index (χ0n) is 9.22. The van der Waals surface area contributed by atoms with Crippen LogP contribution in [-0.2, 0) is 9.47 Å². The molecule has 0 radical (unpaired) electrons. The Morgan fingerprint density at radius 2 is 1.24 bits per heavy atom. The zero-order chi connectivity index (χ0) is 13.0. The van der Waals surface area contributed by atoms with Gasteiger partial charge in [-0.05, 0) is 18.2 Å². The van der Waals surface area contributed by atoms with E-state index in [1.165, 1.54) is 6.07 Å². The summed E-state index contributed by atoms with van der Waals surface area (Å²) in [7, 11) is 2.32. The molecule has 0 saturated heterocycles. The van der Waals surface area contributed by atoms with E-state index in [2.05, 4.69) is 9.47 Å².